The van der Waals surface area contributed by atoms with Gasteiger partial charge >= 0.3 is 35.8 Å². The second kappa shape index (κ2) is 18.1. The number of hydrogen-bond acceptors (Lipinski definition) is 16. The molecule has 16 nitrogen and oxygen atoms in total. The van der Waals surface area contributed by atoms with Crippen LogP contribution in [0.25, 0.3) is 0 Å². The van der Waals surface area contributed by atoms with Crippen LogP contribution in [0.1, 0.15) is 41.4 Å². The lowest BCUT2D eigenvalue weighted by atomic mass is 10.1. The van der Waals surface area contributed by atoms with Crippen molar-refractivity contribution in [3.63, 3.8) is 0 Å². The average molecular weight is 795 g/mol. The summed E-state index contributed by atoms with van der Waals surface area (Å²) in [7, 11) is 2.70. The molecule has 0 spiro atoms. The fraction of sp³-hybridized carbons (Fsp3) is 0.190. The maximum absolute atomic E-state index is 13.0. The molecule has 0 radical (unpaired) electrons. The van der Waals surface area contributed by atoms with Crippen LogP contribution in [0.3, 0.4) is 0 Å². The molecule has 2 fully saturated rings. The van der Waals surface area contributed by atoms with Crippen LogP contribution in [0.4, 0.5) is 0 Å². The average Bonchev–Trinajstić information content (AvgIpc) is 3.83. The van der Waals surface area contributed by atoms with Crippen molar-refractivity contribution in [1.29, 1.82) is 0 Å². The molecule has 0 aromatic heterocycles. The van der Waals surface area contributed by atoms with E-state index in [2.05, 4.69) is 13.2 Å². The van der Waals surface area contributed by atoms with Gasteiger partial charge in [-0.1, -0.05) is 13.2 Å². The summed E-state index contributed by atoms with van der Waals surface area (Å²) < 4.78 is 54.3. The highest BCUT2D eigenvalue weighted by Gasteiger charge is 2.51. The molecule has 0 unspecified atom stereocenters. The van der Waals surface area contributed by atoms with Gasteiger partial charge in [0.15, 0.2) is 35.2 Å². The lowest BCUT2D eigenvalue weighted by Gasteiger charge is -2.17. The molecule has 298 valence electrons. The minimum Gasteiger partial charge on any atom is -0.493 e. The van der Waals surface area contributed by atoms with Gasteiger partial charge in [0.05, 0.1) is 49.7 Å². The lowest BCUT2D eigenvalue weighted by molar-refractivity contribution is -0.130. The predicted octanol–water partition coefficient (Wildman–Crippen LogP) is 4.87. The van der Waals surface area contributed by atoms with Crippen LogP contribution < -0.4 is 28.4 Å². The number of methoxy groups -OCH3 is 2. The zero-order chi connectivity index (χ0) is 41.3. The number of esters is 6. The third-order valence-corrected chi connectivity index (χ3v) is 8.63. The van der Waals surface area contributed by atoms with Crippen molar-refractivity contribution in [2.45, 2.75) is 24.4 Å². The topological polar surface area (TPSA) is 195 Å². The molecule has 2 saturated heterocycles. The molecular formula is C42H34O16. The van der Waals surface area contributed by atoms with Crippen molar-refractivity contribution in [2.24, 2.45) is 0 Å². The van der Waals surface area contributed by atoms with E-state index in [1.807, 2.05) is 0 Å². The zero-order valence-electron chi connectivity index (χ0n) is 30.9. The Kier molecular flexibility index (Phi) is 12.6. The van der Waals surface area contributed by atoms with Crippen molar-refractivity contribution < 1.29 is 76.1 Å². The molecule has 16 heteroatoms. The monoisotopic (exact) mass is 794 g/mol. The maximum atomic E-state index is 13.0. The standard InChI is InChI=1S/C42H34O16/c1-5-35(43)55-29-17-11-25(19-31(29)49-3)41(47)53-27-13-7-23(8-14-27)39(45)57-33-21-51-38-34(22-52-37(33)38)58-40(46)24-9-15-28(16-10-24)54-42(48)26-12-18-30(32(20-26)50-4)56-36(44)6-2/h5-20,33-34,37-38H,1-2,21-22H2,3-4H3/t33-,34-,37+,38+/m1/s1. The number of carbonyl (C=O) groups is 6. The van der Waals surface area contributed by atoms with Crippen molar-refractivity contribution in [1.82, 2.24) is 0 Å². The molecule has 0 bridgehead atoms. The predicted molar refractivity (Wildman–Crippen MR) is 198 cm³/mol. The molecule has 0 amide bonds. The fourth-order valence-corrected chi connectivity index (χ4v) is 5.75. The van der Waals surface area contributed by atoms with Crippen molar-refractivity contribution in [3.05, 3.63) is 132 Å². The van der Waals surface area contributed by atoms with E-state index in [0.717, 1.165) is 12.2 Å². The number of carbonyl (C=O) groups excluding carboxylic acids is 6. The second-order valence-electron chi connectivity index (χ2n) is 12.3. The first kappa shape index (κ1) is 40.4. The van der Waals surface area contributed by atoms with Crippen LogP contribution in [0.5, 0.6) is 34.5 Å². The molecule has 2 heterocycles. The summed E-state index contributed by atoms with van der Waals surface area (Å²) in [6, 6.07) is 19.6. The van der Waals surface area contributed by atoms with Gasteiger partial charge in [-0.25, -0.2) is 28.8 Å². The molecule has 58 heavy (non-hydrogen) atoms. The first-order chi connectivity index (χ1) is 28.0. The van der Waals surface area contributed by atoms with Crippen LogP contribution >= 0.6 is 0 Å². The molecule has 2 aliphatic rings. The summed E-state index contributed by atoms with van der Waals surface area (Å²) in [5.41, 5.74) is 0.560. The third kappa shape index (κ3) is 9.38. The number of benzene rings is 4. The molecule has 4 atom stereocenters. The van der Waals surface area contributed by atoms with Gasteiger partial charge in [0, 0.05) is 12.2 Å². The summed E-state index contributed by atoms with van der Waals surface area (Å²) in [5, 5.41) is 0. The number of hydrogen-bond donors (Lipinski definition) is 0. The Morgan fingerprint density at radius 2 is 0.862 bits per heavy atom. The van der Waals surface area contributed by atoms with E-state index in [0.29, 0.717) is 0 Å². The Morgan fingerprint density at radius 1 is 0.500 bits per heavy atom. The highest BCUT2D eigenvalue weighted by molar-refractivity contribution is 5.94. The highest BCUT2D eigenvalue weighted by atomic mass is 16.7. The Bertz CT molecular complexity index is 2090. The highest BCUT2D eigenvalue weighted by Crippen LogP contribution is 2.33. The summed E-state index contributed by atoms with van der Waals surface area (Å²) >= 11 is 0. The first-order valence-electron chi connectivity index (χ1n) is 17.3. The summed E-state index contributed by atoms with van der Waals surface area (Å²) in [5.74, 6) is -3.49. The normalized spacial score (nSPS) is 17.8. The van der Waals surface area contributed by atoms with Crippen LogP contribution in [0.15, 0.2) is 110 Å². The van der Waals surface area contributed by atoms with Gasteiger partial charge in [-0.3, -0.25) is 0 Å². The smallest absolute Gasteiger partial charge is 0.343 e. The maximum Gasteiger partial charge on any atom is 0.343 e. The van der Waals surface area contributed by atoms with Gasteiger partial charge in [-0.15, -0.1) is 0 Å². The summed E-state index contributed by atoms with van der Waals surface area (Å²) in [6.07, 6.45) is -1.01. The van der Waals surface area contributed by atoms with E-state index in [4.69, 9.17) is 47.4 Å². The van der Waals surface area contributed by atoms with Crippen molar-refractivity contribution in [3.8, 4) is 34.5 Å². The van der Waals surface area contributed by atoms with Gasteiger partial charge in [0.1, 0.15) is 23.7 Å². The third-order valence-electron chi connectivity index (χ3n) is 8.63. The second-order valence-corrected chi connectivity index (χ2v) is 12.3. The largest absolute Gasteiger partial charge is 0.493 e. The number of ether oxygens (including phenoxy) is 10. The van der Waals surface area contributed by atoms with E-state index in [-0.39, 0.29) is 70.0 Å². The Balaban J connectivity index is 0.979. The fourth-order valence-electron chi connectivity index (χ4n) is 5.75. The van der Waals surface area contributed by atoms with E-state index < -0.39 is 60.2 Å². The molecule has 4 aromatic rings. The lowest BCUT2D eigenvalue weighted by Crippen LogP contribution is -2.36. The molecular weight excluding hydrogens is 760 g/mol. The van der Waals surface area contributed by atoms with Crippen molar-refractivity contribution >= 4 is 35.8 Å². The molecule has 4 aromatic carbocycles. The van der Waals surface area contributed by atoms with Crippen LogP contribution in [-0.2, 0) is 28.5 Å². The first-order valence-corrected chi connectivity index (χ1v) is 17.3. The van der Waals surface area contributed by atoms with Crippen LogP contribution in [0.2, 0.25) is 0 Å². The van der Waals surface area contributed by atoms with Gasteiger partial charge in [-0.05, 0) is 84.9 Å². The van der Waals surface area contributed by atoms with Gasteiger partial charge in [0.2, 0.25) is 0 Å². The van der Waals surface area contributed by atoms with E-state index >= 15 is 0 Å². The SMILES string of the molecule is C=CC(=O)Oc1ccc(C(=O)Oc2ccc(C(=O)O[C@@H]3CO[C@@H]4[C@H]3OC[C@H]4OC(=O)c3ccc(OC(=O)c4ccc(OC(=O)C=C)c(OC)c4)cc3)cc2)cc1OC. The summed E-state index contributed by atoms with van der Waals surface area (Å²) in [6.45, 7) is 6.67. The Morgan fingerprint density at radius 3 is 1.21 bits per heavy atom. The molecule has 0 N–H and O–H groups in total. The van der Waals surface area contributed by atoms with Gasteiger partial charge in [-0.2, -0.15) is 0 Å². The van der Waals surface area contributed by atoms with Gasteiger partial charge in [0.25, 0.3) is 0 Å². The summed E-state index contributed by atoms with van der Waals surface area (Å²) in [4.78, 5) is 74.6. The quantitative estimate of drug-likeness (QED) is 0.0952. The van der Waals surface area contributed by atoms with E-state index in [1.165, 1.54) is 99.1 Å². The van der Waals surface area contributed by atoms with Gasteiger partial charge < -0.3 is 47.4 Å². The number of rotatable bonds is 14. The number of fused-ring (bicyclic) bond motifs is 1. The van der Waals surface area contributed by atoms with Crippen molar-refractivity contribution in [2.75, 3.05) is 27.4 Å². The molecule has 2 aliphatic heterocycles. The zero-order valence-corrected chi connectivity index (χ0v) is 30.9. The molecule has 0 saturated carbocycles. The van der Waals surface area contributed by atoms with Crippen LogP contribution in [-0.4, -0.2) is 87.7 Å². The molecule has 6 rings (SSSR count). The van der Waals surface area contributed by atoms with E-state index in [9.17, 15) is 28.8 Å². The molecule has 0 aliphatic carbocycles. The van der Waals surface area contributed by atoms with E-state index in [1.54, 1.807) is 0 Å². The minimum absolute atomic E-state index is 0.00546. The van der Waals surface area contributed by atoms with Crippen LogP contribution in [0, 0.1) is 0 Å². The Labute approximate surface area is 330 Å². The Hall–Kier alpha value is -7.30. The minimum atomic E-state index is -0.797.